The lowest BCUT2D eigenvalue weighted by Gasteiger charge is -2.34. The molecule has 0 spiro atoms. The molecule has 2 heterocycles. The topological polar surface area (TPSA) is 40.6 Å². The number of hydrogen-bond acceptors (Lipinski definition) is 4. The summed E-state index contributed by atoms with van der Waals surface area (Å²) in [5.74, 6) is 0.508. The number of piperazine rings is 1. The van der Waals surface area contributed by atoms with Gasteiger partial charge in [-0.2, -0.15) is 0 Å². The Labute approximate surface area is 154 Å². The number of carbonyl (C=O) groups is 2. The lowest BCUT2D eigenvalue weighted by Crippen LogP contribution is -2.51. The minimum atomic E-state index is 0.0579. The van der Waals surface area contributed by atoms with E-state index in [1.807, 2.05) is 51.6 Å². The predicted octanol–water partition coefficient (Wildman–Crippen LogP) is 3.48. The fourth-order valence-corrected chi connectivity index (χ4v) is 4.34. The Morgan fingerprint density at radius 2 is 1.75 bits per heavy atom. The molecule has 1 aliphatic heterocycles. The number of nitrogens with zero attached hydrogens (tertiary/aromatic N) is 2. The summed E-state index contributed by atoms with van der Waals surface area (Å²) in [6.07, 6.45) is 0. The molecule has 24 heavy (non-hydrogen) atoms. The maximum Gasteiger partial charge on any atom is 0.264 e. The van der Waals surface area contributed by atoms with Gasteiger partial charge in [0.1, 0.15) is 0 Å². The largest absolute Gasteiger partial charge is 0.338 e. The molecular weight excluding hydrogens is 364 g/mol. The molecule has 0 atom stereocenters. The van der Waals surface area contributed by atoms with Crippen molar-refractivity contribution in [3.63, 3.8) is 0 Å². The van der Waals surface area contributed by atoms with Crippen molar-refractivity contribution in [2.75, 3.05) is 31.9 Å². The van der Waals surface area contributed by atoms with Crippen molar-refractivity contribution < 1.29 is 9.59 Å². The summed E-state index contributed by atoms with van der Waals surface area (Å²) in [6, 6.07) is 11.2. The molecule has 0 unspecified atom stereocenters. The lowest BCUT2D eigenvalue weighted by atomic mass is 10.3. The van der Waals surface area contributed by atoms with Gasteiger partial charge in [-0.15, -0.1) is 23.1 Å². The van der Waals surface area contributed by atoms with E-state index in [1.165, 1.54) is 23.1 Å². The highest BCUT2D eigenvalue weighted by Gasteiger charge is 2.25. The van der Waals surface area contributed by atoms with Crippen LogP contribution in [0.5, 0.6) is 0 Å². The van der Waals surface area contributed by atoms with Crippen LogP contribution in [0.2, 0.25) is 5.02 Å². The number of amides is 2. The molecule has 0 N–H and O–H groups in total. The van der Waals surface area contributed by atoms with Crippen LogP contribution in [0.25, 0.3) is 0 Å². The van der Waals surface area contributed by atoms with Crippen LogP contribution in [0.15, 0.2) is 46.7 Å². The second kappa shape index (κ2) is 8.05. The fourth-order valence-electron chi connectivity index (χ4n) is 2.51. The number of halogens is 1. The van der Waals surface area contributed by atoms with Gasteiger partial charge in [0.05, 0.1) is 15.7 Å². The van der Waals surface area contributed by atoms with Crippen LogP contribution < -0.4 is 0 Å². The Balaban J connectivity index is 1.48. The zero-order valence-electron chi connectivity index (χ0n) is 13.0. The summed E-state index contributed by atoms with van der Waals surface area (Å²) in [5.41, 5.74) is 0. The number of benzene rings is 1. The van der Waals surface area contributed by atoms with Crippen LogP contribution in [0, 0.1) is 0 Å². The third-order valence-electron chi connectivity index (χ3n) is 3.84. The van der Waals surface area contributed by atoms with Crippen molar-refractivity contribution in [3.05, 3.63) is 51.7 Å². The zero-order chi connectivity index (χ0) is 16.9. The minimum absolute atomic E-state index is 0.0579. The monoisotopic (exact) mass is 380 g/mol. The molecule has 1 saturated heterocycles. The second-order valence-electron chi connectivity index (χ2n) is 5.37. The molecule has 2 aromatic rings. The summed E-state index contributed by atoms with van der Waals surface area (Å²) in [7, 11) is 0. The standard InChI is InChI=1S/C17H17ClN2O2S2/c18-13-4-1-2-5-14(13)24-12-16(21)19-7-9-20(10-8-19)17(22)15-6-3-11-23-15/h1-6,11H,7-10,12H2. The average Bonchev–Trinajstić information content (AvgIpc) is 3.15. The normalized spacial score (nSPS) is 14.7. The van der Waals surface area contributed by atoms with Gasteiger partial charge in [-0.1, -0.05) is 29.8 Å². The van der Waals surface area contributed by atoms with Gasteiger partial charge in [-0.25, -0.2) is 0 Å². The van der Waals surface area contributed by atoms with Crippen molar-refractivity contribution >= 4 is 46.5 Å². The number of carbonyl (C=O) groups excluding carboxylic acids is 2. The Bertz CT molecular complexity index is 713. The van der Waals surface area contributed by atoms with Crippen molar-refractivity contribution in [1.82, 2.24) is 9.80 Å². The highest BCUT2D eigenvalue weighted by Crippen LogP contribution is 2.26. The van der Waals surface area contributed by atoms with Crippen LogP contribution in [0.4, 0.5) is 0 Å². The first-order valence-electron chi connectivity index (χ1n) is 7.63. The van der Waals surface area contributed by atoms with Gasteiger partial charge in [-0.05, 0) is 23.6 Å². The third kappa shape index (κ3) is 4.12. The molecule has 1 aliphatic rings. The fraction of sp³-hybridized carbons (Fsp3) is 0.294. The predicted molar refractivity (Wildman–Crippen MR) is 99.0 cm³/mol. The van der Waals surface area contributed by atoms with Crippen LogP contribution in [0.3, 0.4) is 0 Å². The molecule has 3 rings (SSSR count). The molecule has 0 aliphatic carbocycles. The van der Waals surface area contributed by atoms with Crippen LogP contribution in [0.1, 0.15) is 9.67 Å². The van der Waals surface area contributed by atoms with E-state index in [4.69, 9.17) is 11.6 Å². The Hall–Kier alpha value is -1.50. The molecule has 1 fully saturated rings. The third-order valence-corrected chi connectivity index (χ3v) is 6.20. The molecular formula is C17H17ClN2O2S2. The molecule has 0 radical (unpaired) electrons. The highest BCUT2D eigenvalue weighted by atomic mass is 35.5. The lowest BCUT2D eigenvalue weighted by molar-refractivity contribution is -0.129. The first-order chi connectivity index (χ1) is 11.6. The Morgan fingerprint density at radius 1 is 1.04 bits per heavy atom. The van der Waals surface area contributed by atoms with Gasteiger partial charge >= 0.3 is 0 Å². The molecule has 4 nitrogen and oxygen atoms in total. The molecule has 1 aromatic carbocycles. The molecule has 2 amide bonds. The van der Waals surface area contributed by atoms with E-state index in [9.17, 15) is 9.59 Å². The molecule has 7 heteroatoms. The maximum atomic E-state index is 12.3. The van der Waals surface area contributed by atoms with Crippen LogP contribution in [-0.4, -0.2) is 53.5 Å². The summed E-state index contributed by atoms with van der Waals surface area (Å²) in [4.78, 5) is 30.0. The van der Waals surface area contributed by atoms with Gasteiger partial charge in [0, 0.05) is 31.1 Å². The second-order valence-corrected chi connectivity index (χ2v) is 7.74. The first-order valence-corrected chi connectivity index (χ1v) is 9.87. The number of hydrogen-bond donors (Lipinski definition) is 0. The van der Waals surface area contributed by atoms with Gasteiger partial charge in [-0.3, -0.25) is 9.59 Å². The SMILES string of the molecule is O=C(CSc1ccccc1Cl)N1CCN(C(=O)c2cccs2)CC1. The van der Waals surface area contributed by atoms with Crippen molar-refractivity contribution in [3.8, 4) is 0 Å². The maximum absolute atomic E-state index is 12.3. The summed E-state index contributed by atoms with van der Waals surface area (Å²) in [6.45, 7) is 2.33. The smallest absolute Gasteiger partial charge is 0.264 e. The highest BCUT2D eigenvalue weighted by molar-refractivity contribution is 8.00. The van der Waals surface area contributed by atoms with E-state index >= 15 is 0 Å². The van der Waals surface area contributed by atoms with Crippen molar-refractivity contribution in [2.24, 2.45) is 0 Å². The Kier molecular flexibility index (Phi) is 5.81. The Morgan fingerprint density at radius 3 is 2.42 bits per heavy atom. The molecule has 126 valence electrons. The molecule has 0 saturated carbocycles. The summed E-state index contributed by atoms with van der Waals surface area (Å²) in [5, 5.41) is 2.57. The first kappa shape index (κ1) is 17.3. The minimum Gasteiger partial charge on any atom is -0.338 e. The average molecular weight is 381 g/mol. The van der Waals surface area contributed by atoms with E-state index in [2.05, 4.69) is 0 Å². The van der Waals surface area contributed by atoms with Crippen molar-refractivity contribution in [1.29, 1.82) is 0 Å². The van der Waals surface area contributed by atoms with Crippen LogP contribution in [-0.2, 0) is 4.79 Å². The van der Waals surface area contributed by atoms with E-state index in [1.54, 1.807) is 0 Å². The van der Waals surface area contributed by atoms with E-state index in [0.717, 1.165) is 9.77 Å². The number of rotatable bonds is 4. The van der Waals surface area contributed by atoms with Gasteiger partial charge < -0.3 is 9.80 Å². The van der Waals surface area contributed by atoms with Gasteiger partial charge in [0.2, 0.25) is 5.91 Å². The molecule has 1 aromatic heterocycles. The van der Waals surface area contributed by atoms with E-state index < -0.39 is 0 Å². The van der Waals surface area contributed by atoms with Gasteiger partial charge in [0.25, 0.3) is 5.91 Å². The summed E-state index contributed by atoms with van der Waals surface area (Å²) < 4.78 is 0. The molecule has 0 bridgehead atoms. The van der Waals surface area contributed by atoms with Crippen LogP contribution >= 0.6 is 34.7 Å². The number of thioether (sulfide) groups is 1. The van der Waals surface area contributed by atoms with Gasteiger partial charge in [0.15, 0.2) is 0 Å². The quantitative estimate of drug-likeness (QED) is 0.762. The zero-order valence-corrected chi connectivity index (χ0v) is 15.4. The van der Waals surface area contributed by atoms with E-state index in [-0.39, 0.29) is 11.8 Å². The number of thiophene rings is 1. The summed E-state index contributed by atoms with van der Waals surface area (Å²) >= 11 is 9.01. The van der Waals surface area contributed by atoms with E-state index in [0.29, 0.717) is 37.0 Å². The van der Waals surface area contributed by atoms with Crippen molar-refractivity contribution in [2.45, 2.75) is 4.90 Å².